The van der Waals surface area contributed by atoms with Crippen molar-refractivity contribution >= 4 is 27.8 Å². The lowest BCUT2D eigenvalue weighted by molar-refractivity contribution is 0.0695. The molecule has 2 aromatic carbocycles. The number of carboxylic acid groups (broad SMARTS) is 1. The molecular formula is C21H29NO4S2. The maximum absolute atomic E-state index is 12.5. The SMILES string of the molecule is Cc1cc(S(=O)(=O)NCCSc2ccc(C(C)(C)C)cc2)cc(C(=O)O)c1C.[HH]. The molecule has 28 heavy (non-hydrogen) atoms. The highest BCUT2D eigenvalue weighted by Crippen LogP contribution is 2.25. The maximum atomic E-state index is 12.5. The fourth-order valence-electron chi connectivity index (χ4n) is 2.68. The largest absolute Gasteiger partial charge is 0.478 e. The molecule has 0 aromatic heterocycles. The van der Waals surface area contributed by atoms with Crippen LogP contribution in [0, 0.1) is 13.8 Å². The van der Waals surface area contributed by atoms with Crippen molar-refractivity contribution in [1.82, 2.24) is 4.72 Å². The molecule has 7 heteroatoms. The van der Waals surface area contributed by atoms with E-state index in [2.05, 4.69) is 37.6 Å². The van der Waals surface area contributed by atoms with Crippen LogP contribution in [0.4, 0.5) is 0 Å². The number of rotatable bonds is 7. The smallest absolute Gasteiger partial charge is 0.336 e. The van der Waals surface area contributed by atoms with Crippen molar-refractivity contribution in [3.05, 3.63) is 58.7 Å². The first-order chi connectivity index (χ1) is 12.9. The van der Waals surface area contributed by atoms with E-state index in [1.54, 1.807) is 25.6 Å². The minimum Gasteiger partial charge on any atom is -0.478 e. The molecule has 0 unspecified atom stereocenters. The minimum atomic E-state index is -3.76. The molecule has 2 N–H and O–H groups in total. The molecule has 0 aliphatic heterocycles. The van der Waals surface area contributed by atoms with Gasteiger partial charge in [-0.25, -0.2) is 17.9 Å². The second-order valence-corrected chi connectivity index (χ2v) is 10.7. The van der Waals surface area contributed by atoms with Gasteiger partial charge in [-0.15, -0.1) is 11.8 Å². The molecule has 0 bridgehead atoms. The van der Waals surface area contributed by atoms with Crippen LogP contribution in [0.5, 0.6) is 0 Å². The van der Waals surface area contributed by atoms with Gasteiger partial charge in [-0.2, -0.15) is 0 Å². The molecule has 0 heterocycles. The van der Waals surface area contributed by atoms with Crippen LogP contribution in [-0.4, -0.2) is 31.8 Å². The van der Waals surface area contributed by atoms with Gasteiger partial charge in [-0.05, 0) is 60.2 Å². The molecule has 0 aliphatic rings. The van der Waals surface area contributed by atoms with E-state index in [0.29, 0.717) is 16.9 Å². The Labute approximate surface area is 173 Å². The summed E-state index contributed by atoms with van der Waals surface area (Å²) in [6.07, 6.45) is 0. The summed E-state index contributed by atoms with van der Waals surface area (Å²) in [5, 5.41) is 9.27. The third-order valence-corrected chi connectivity index (χ3v) is 7.02. The first-order valence-electron chi connectivity index (χ1n) is 8.99. The molecule has 0 fully saturated rings. The average molecular weight is 424 g/mol. The van der Waals surface area contributed by atoms with Gasteiger partial charge in [0, 0.05) is 18.6 Å². The molecule has 0 saturated heterocycles. The number of benzene rings is 2. The molecule has 0 radical (unpaired) electrons. The minimum absolute atomic E-state index is 0. The lowest BCUT2D eigenvalue weighted by Gasteiger charge is -2.19. The third-order valence-electron chi connectivity index (χ3n) is 4.56. The van der Waals surface area contributed by atoms with Gasteiger partial charge in [0.2, 0.25) is 10.0 Å². The number of thioether (sulfide) groups is 1. The Kier molecular flexibility index (Phi) is 6.96. The lowest BCUT2D eigenvalue weighted by atomic mass is 9.87. The van der Waals surface area contributed by atoms with Gasteiger partial charge in [-0.3, -0.25) is 0 Å². The van der Waals surface area contributed by atoms with Crippen LogP contribution in [0.15, 0.2) is 46.2 Å². The van der Waals surface area contributed by atoms with Crippen molar-refractivity contribution in [1.29, 1.82) is 0 Å². The molecule has 2 aromatic rings. The van der Waals surface area contributed by atoms with Gasteiger partial charge >= 0.3 is 5.97 Å². The molecule has 0 aliphatic carbocycles. The van der Waals surface area contributed by atoms with Gasteiger partial charge in [0.25, 0.3) is 0 Å². The Morgan fingerprint density at radius 2 is 1.75 bits per heavy atom. The van der Waals surface area contributed by atoms with E-state index in [-0.39, 0.29) is 23.8 Å². The number of hydrogen-bond donors (Lipinski definition) is 2. The van der Waals surface area contributed by atoms with Crippen LogP contribution >= 0.6 is 11.8 Å². The number of aromatic carboxylic acids is 1. The van der Waals surface area contributed by atoms with E-state index >= 15 is 0 Å². The van der Waals surface area contributed by atoms with Crippen LogP contribution in [0.1, 0.15) is 49.2 Å². The number of carboxylic acids is 1. The van der Waals surface area contributed by atoms with Crippen molar-refractivity contribution < 1.29 is 19.7 Å². The maximum Gasteiger partial charge on any atom is 0.336 e. The van der Waals surface area contributed by atoms with Gasteiger partial charge < -0.3 is 5.11 Å². The van der Waals surface area contributed by atoms with Crippen molar-refractivity contribution in [3.63, 3.8) is 0 Å². The molecule has 0 amide bonds. The zero-order valence-corrected chi connectivity index (χ0v) is 18.5. The van der Waals surface area contributed by atoms with Crippen molar-refractivity contribution in [2.75, 3.05) is 12.3 Å². The van der Waals surface area contributed by atoms with E-state index in [4.69, 9.17) is 0 Å². The summed E-state index contributed by atoms with van der Waals surface area (Å²) in [5.41, 5.74) is 2.56. The summed E-state index contributed by atoms with van der Waals surface area (Å²) in [5.74, 6) is -0.558. The van der Waals surface area contributed by atoms with Crippen LogP contribution in [0.3, 0.4) is 0 Å². The average Bonchev–Trinajstić information content (AvgIpc) is 2.60. The second kappa shape index (κ2) is 8.68. The van der Waals surface area contributed by atoms with E-state index in [1.165, 1.54) is 17.7 Å². The third kappa shape index (κ3) is 5.59. The predicted octanol–water partition coefficient (Wildman–Crippen LogP) is 4.62. The first-order valence-corrected chi connectivity index (χ1v) is 11.5. The first kappa shape index (κ1) is 22.5. The summed E-state index contributed by atoms with van der Waals surface area (Å²) in [6.45, 7) is 10.1. The Hall–Kier alpha value is -1.83. The van der Waals surface area contributed by atoms with E-state index < -0.39 is 16.0 Å². The van der Waals surface area contributed by atoms with Crippen LogP contribution < -0.4 is 4.72 Å². The Morgan fingerprint density at radius 3 is 2.29 bits per heavy atom. The van der Waals surface area contributed by atoms with Crippen molar-refractivity contribution in [2.24, 2.45) is 0 Å². The number of aryl methyl sites for hydroxylation is 1. The van der Waals surface area contributed by atoms with Crippen LogP contribution in [0.25, 0.3) is 0 Å². The molecule has 2 rings (SSSR count). The van der Waals surface area contributed by atoms with Gasteiger partial charge in [0.05, 0.1) is 10.5 Å². The van der Waals surface area contributed by atoms with Crippen LogP contribution in [0.2, 0.25) is 0 Å². The lowest BCUT2D eigenvalue weighted by Crippen LogP contribution is -2.26. The topological polar surface area (TPSA) is 83.5 Å². The van der Waals surface area contributed by atoms with Crippen LogP contribution in [-0.2, 0) is 15.4 Å². The number of nitrogens with one attached hydrogen (secondary N) is 1. The normalized spacial score (nSPS) is 12.2. The standard InChI is InChI=1S/C21H27NO4S2.H2/c1-14-12-18(13-19(15(14)2)20(23)24)28(25,26)22-10-11-27-17-8-6-16(7-9-17)21(3,4)5;/h6-9,12-13,22H,10-11H2,1-5H3,(H,23,24);1H. The second-order valence-electron chi connectivity index (χ2n) is 7.74. The Morgan fingerprint density at radius 1 is 1.14 bits per heavy atom. The Bertz CT molecular complexity index is 965. The fourth-order valence-corrected chi connectivity index (χ4v) is 4.72. The number of hydrogen-bond acceptors (Lipinski definition) is 4. The molecular weight excluding hydrogens is 394 g/mol. The van der Waals surface area contributed by atoms with Gasteiger partial charge in [-0.1, -0.05) is 32.9 Å². The predicted molar refractivity (Wildman–Crippen MR) is 116 cm³/mol. The summed E-state index contributed by atoms with van der Waals surface area (Å²) < 4.78 is 27.6. The summed E-state index contributed by atoms with van der Waals surface area (Å²) in [6, 6.07) is 11.0. The van der Waals surface area contributed by atoms with E-state index in [1.807, 2.05) is 12.1 Å². The van der Waals surface area contributed by atoms with Gasteiger partial charge in [0.15, 0.2) is 0 Å². The Balaban J connectivity index is 0.00000420. The van der Waals surface area contributed by atoms with E-state index in [9.17, 15) is 18.3 Å². The summed E-state index contributed by atoms with van der Waals surface area (Å²) >= 11 is 1.57. The molecule has 154 valence electrons. The zero-order chi connectivity index (χ0) is 21.1. The number of sulfonamides is 1. The summed E-state index contributed by atoms with van der Waals surface area (Å²) in [7, 11) is -3.76. The number of carbonyl (C=O) groups is 1. The summed E-state index contributed by atoms with van der Waals surface area (Å²) in [4.78, 5) is 12.4. The zero-order valence-electron chi connectivity index (χ0n) is 16.9. The highest BCUT2D eigenvalue weighted by molar-refractivity contribution is 7.99. The quantitative estimate of drug-likeness (QED) is 0.502. The molecule has 0 spiro atoms. The van der Waals surface area contributed by atoms with Crippen molar-refractivity contribution in [2.45, 2.75) is 49.8 Å². The molecule has 0 saturated carbocycles. The highest BCUT2D eigenvalue weighted by atomic mass is 32.2. The van der Waals surface area contributed by atoms with E-state index in [0.717, 1.165) is 4.90 Å². The molecule has 0 atom stereocenters. The van der Waals surface area contributed by atoms with Crippen molar-refractivity contribution in [3.8, 4) is 0 Å². The van der Waals surface area contributed by atoms with Gasteiger partial charge in [0.1, 0.15) is 0 Å². The molecule has 5 nitrogen and oxygen atoms in total. The fraction of sp³-hybridized carbons (Fsp3) is 0.381. The monoisotopic (exact) mass is 423 g/mol. The highest BCUT2D eigenvalue weighted by Gasteiger charge is 2.19.